The Hall–Kier alpha value is -3.08. The van der Waals surface area contributed by atoms with Crippen LogP contribution in [-0.4, -0.2) is 17.1 Å². The van der Waals surface area contributed by atoms with Crippen LogP contribution in [0.4, 0.5) is 23.0 Å². The molecule has 2 N–H and O–H groups in total. The number of nitrogens with zero attached hydrogens (tertiary/aromatic N) is 2. The number of hydrogen-bond acceptors (Lipinski definition) is 5. The first-order chi connectivity index (χ1) is 12.6. The first-order valence-electron chi connectivity index (χ1n) is 8.71. The van der Waals surface area contributed by atoms with Crippen molar-refractivity contribution >= 4 is 23.0 Å². The Kier molecular flexibility index (Phi) is 5.37. The fourth-order valence-electron chi connectivity index (χ4n) is 2.85. The minimum atomic E-state index is 0.706. The van der Waals surface area contributed by atoms with Crippen molar-refractivity contribution < 1.29 is 4.74 Å². The number of nitrogens with one attached hydrogen (secondary N) is 2. The number of methoxy groups -OCH3 is 1. The van der Waals surface area contributed by atoms with Crippen LogP contribution in [0.5, 0.6) is 5.75 Å². The van der Waals surface area contributed by atoms with Crippen LogP contribution < -0.4 is 15.4 Å². The average molecular weight is 348 g/mol. The van der Waals surface area contributed by atoms with Gasteiger partial charge in [-0.1, -0.05) is 25.1 Å². The molecule has 0 spiro atoms. The molecule has 0 aliphatic carbocycles. The summed E-state index contributed by atoms with van der Waals surface area (Å²) in [5, 5.41) is 6.78. The van der Waals surface area contributed by atoms with Gasteiger partial charge in [0.2, 0.25) is 0 Å². The Morgan fingerprint density at radius 2 is 1.62 bits per heavy atom. The molecule has 26 heavy (non-hydrogen) atoms. The lowest BCUT2D eigenvalue weighted by Crippen LogP contribution is -2.04. The van der Waals surface area contributed by atoms with Crippen molar-refractivity contribution in [2.45, 2.75) is 27.2 Å². The van der Waals surface area contributed by atoms with Gasteiger partial charge in [-0.15, -0.1) is 0 Å². The van der Waals surface area contributed by atoms with E-state index in [0.29, 0.717) is 5.82 Å². The van der Waals surface area contributed by atoms with Crippen LogP contribution in [0.2, 0.25) is 0 Å². The molecule has 0 aliphatic rings. The summed E-state index contributed by atoms with van der Waals surface area (Å²) in [6.45, 7) is 6.15. The van der Waals surface area contributed by atoms with Crippen LogP contribution in [0.25, 0.3) is 0 Å². The van der Waals surface area contributed by atoms with Gasteiger partial charge in [-0.3, -0.25) is 0 Å². The predicted molar refractivity (Wildman–Crippen MR) is 107 cm³/mol. The van der Waals surface area contributed by atoms with E-state index in [4.69, 9.17) is 4.74 Å². The highest BCUT2D eigenvalue weighted by atomic mass is 16.5. The molecule has 1 heterocycles. The number of aromatic nitrogens is 2. The summed E-state index contributed by atoms with van der Waals surface area (Å²) in [7, 11) is 1.66. The summed E-state index contributed by atoms with van der Waals surface area (Å²) in [4.78, 5) is 9.02. The Morgan fingerprint density at radius 1 is 0.923 bits per heavy atom. The molecule has 0 amide bonds. The molecule has 3 aromatic rings. The third-order valence-electron chi connectivity index (χ3n) is 4.19. The maximum absolute atomic E-state index is 5.19. The fourth-order valence-corrected chi connectivity index (χ4v) is 2.85. The number of para-hydroxylation sites is 1. The number of rotatable bonds is 6. The van der Waals surface area contributed by atoms with Crippen molar-refractivity contribution in [3.63, 3.8) is 0 Å². The fraction of sp³-hybridized carbons (Fsp3) is 0.238. The van der Waals surface area contributed by atoms with Gasteiger partial charge in [-0.05, 0) is 55.7 Å². The minimum absolute atomic E-state index is 0.706. The monoisotopic (exact) mass is 348 g/mol. The number of benzene rings is 2. The van der Waals surface area contributed by atoms with Crippen LogP contribution in [0.1, 0.15) is 23.9 Å². The highest BCUT2D eigenvalue weighted by Gasteiger charge is 2.08. The molecule has 0 unspecified atom stereocenters. The Balaban J connectivity index is 1.86. The molecule has 5 heteroatoms. The molecule has 0 aliphatic heterocycles. The van der Waals surface area contributed by atoms with Gasteiger partial charge in [0.1, 0.15) is 23.2 Å². The van der Waals surface area contributed by atoms with Gasteiger partial charge < -0.3 is 15.4 Å². The van der Waals surface area contributed by atoms with Crippen molar-refractivity contribution in [1.82, 2.24) is 9.97 Å². The van der Waals surface area contributed by atoms with Gasteiger partial charge in [0, 0.05) is 17.4 Å². The maximum atomic E-state index is 5.19. The zero-order valence-corrected chi connectivity index (χ0v) is 15.6. The molecule has 0 saturated heterocycles. The Morgan fingerprint density at radius 3 is 2.27 bits per heavy atom. The predicted octanol–water partition coefficient (Wildman–Crippen LogP) is 5.15. The first kappa shape index (κ1) is 17.7. The third kappa shape index (κ3) is 4.11. The largest absolute Gasteiger partial charge is 0.497 e. The molecular weight excluding hydrogens is 324 g/mol. The molecule has 134 valence electrons. The normalized spacial score (nSPS) is 10.5. The van der Waals surface area contributed by atoms with E-state index in [-0.39, 0.29) is 0 Å². The van der Waals surface area contributed by atoms with E-state index < -0.39 is 0 Å². The standard InChI is InChI=1S/C21H24N4O/c1-5-16-8-6-7-14(2)21(16)25-20-13-19(22-15(3)23-20)24-17-9-11-18(26-4)12-10-17/h6-13H,5H2,1-4H3,(H2,22,23,24,25). The van der Waals surface area contributed by atoms with Gasteiger partial charge >= 0.3 is 0 Å². The van der Waals surface area contributed by atoms with E-state index in [2.05, 4.69) is 52.6 Å². The van der Waals surface area contributed by atoms with Gasteiger partial charge in [0.25, 0.3) is 0 Å². The lowest BCUT2D eigenvalue weighted by atomic mass is 10.1. The second-order valence-corrected chi connectivity index (χ2v) is 6.13. The molecule has 2 aromatic carbocycles. The highest BCUT2D eigenvalue weighted by molar-refractivity contribution is 5.67. The zero-order valence-electron chi connectivity index (χ0n) is 15.6. The summed E-state index contributed by atoms with van der Waals surface area (Å²) >= 11 is 0. The van der Waals surface area contributed by atoms with Crippen LogP contribution in [-0.2, 0) is 6.42 Å². The molecule has 3 rings (SSSR count). The SMILES string of the molecule is CCc1cccc(C)c1Nc1cc(Nc2ccc(OC)cc2)nc(C)n1. The van der Waals surface area contributed by atoms with Crippen molar-refractivity contribution in [2.24, 2.45) is 0 Å². The first-order valence-corrected chi connectivity index (χ1v) is 8.71. The quantitative estimate of drug-likeness (QED) is 0.645. The van der Waals surface area contributed by atoms with Crippen LogP contribution in [0.15, 0.2) is 48.5 Å². The molecular formula is C21H24N4O. The van der Waals surface area contributed by atoms with Crippen LogP contribution in [0, 0.1) is 13.8 Å². The van der Waals surface area contributed by atoms with Gasteiger partial charge in [0.15, 0.2) is 0 Å². The molecule has 1 aromatic heterocycles. The lowest BCUT2D eigenvalue weighted by molar-refractivity contribution is 0.415. The molecule has 0 atom stereocenters. The average Bonchev–Trinajstić information content (AvgIpc) is 2.63. The molecule has 0 bridgehead atoms. The summed E-state index contributed by atoms with van der Waals surface area (Å²) in [5.74, 6) is 3.05. The molecule has 0 radical (unpaired) electrons. The molecule has 0 saturated carbocycles. The van der Waals surface area contributed by atoms with E-state index in [1.54, 1.807) is 7.11 Å². The van der Waals surface area contributed by atoms with E-state index in [1.165, 1.54) is 11.1 Å². The van der Waals surface area contributed by atoms with Crippen LogP contribution >= 0.6 is 0 Å². The number of aryl methyl sites for hydroxylation is 3. The van der Waals surface area contributed by atoms with E-state index in [9.17, 15) is 0 Å². The Bertz CT molecular complexity index is 891. The zero-order chi connectivity index (χ0) is 18.5. The van der Waals surface area contributed by atoms with E-state index in [0.717, 1.165) is 35.2 Å². The number of anilines is 4. The highest BCUT2D eigenvalue weighted by Crippen LogP contribution is 2.26. The molecule has 5 nitrogen and oxygen atoms in total. The van der Waals surface area contributed by atoms with Crippen molar-refractivity contribution in [3.05, 3.63) is 65.5 Å². The number of ether oxygens (including phenoxy) is 1. The number of hydrogen-bond donors (Lipinski definition) is 2. The summed E-state index contributed by atoms with van der Waals surface area (Å²) in [6, 6.07) is 16.0. The van der Waals surface area contributed by atoms with Gasteiger partial charge in [0.05, 0.1) is 7.11 Å². The topological polar surface area (TPSA) is 59.1 Å². The summed E-state index contributed by atoms with van der Waals surface area (Å²) in [6.07, 6.45) is 0.963. The van der Waals surface area contributed by atoms with E-state index in [1.807, 2.05) is 37.3 Å². The Labute approximate surface area is 154 Å². The van der Waals surface area contributed by atoms with Gasteiger partial charge in [-0.25, -0.2) is 9.97 Å². The summed E-state index contributed by atoms with van der Waals surface area (Å²) in [5.41, 5.74) is 4.53. The van der Waals surface area contributed by atoms with E-state index >= 15 is 0 Å². The smallest absolute Gasteiger partial charge is 0.136 e. The lowest BCUT2D eigenvalue weighted by Gasteiger charge is -2.15. The maximum Gasteiger partial charge on any atom is 0.136 e. The van der Waals surface area contributed by atoms with Gasteiger partial charge in [-0.2, -0.15) is 0 Å². The summed E-state index contributed by atoms with van der Waals surface area (Å²) < 4.78 is 5.19. The van der Waals surface area contributed by atoms with Crippen LogP contribution in [0.3, 0.4) is 0 Å². The second-order valence-electron chi connectivity index (χ2n) is 6.13. The third-order valence-corrected chi connectivity index (χ3v) is 4.19. The molecule has 0 fully saturated rings. The van der Waals surface area contributed by atoms with Crippen molar-refractivity contribution in [3.8, 4) is 5.75 Å². The van der Waals surface area contributed by atoms with Crippen molar-refractivity contribution in [1.29, 1.82) is 0 Å². The van der Waals surface area contributed by atoms with Crippen molar-refractivity contribution in [2.75, 3.05) is 17.7 Å². The second kappa shape index (κ2) is 7.87. The minimum Gasteiger partial charge on any atom is -0.497 e.